The van der Waals surface area contributed by atoms with Gasteiger partial charge < -0.3 is 5.11 Å². The largest absolute Gasteiger partial charge is 0.395 e. The van der Waals surface area contributed by atoms with Crippen LogP contribution in [-0.2, 0) is 12.8 Å². The summed E-state index contributed by atoms with van der Waals surface area (Å²) in [5.74, 6) is 0. The van der Waals surface area contributed by atoms with Crippen molar-refractivity contribution in [3.05, 3.63) is 29.3 Å². The van der Waals surface area contributed by atoms with Crippen LogP contribution in [0.4, 0.5) is 0 Å². The van der Waals surface area contributed by atoms with Crippen molar-refractivity contribution >= 4 is 11.8 Å². The minimum atomic E-state index is -0.0805. The smallest absolute Gasteiger partial charge is 0.0576 e. The lowest BCUT2D eigenvalue weighted by atomic mass is 9.92. The molecule has 0 amide bonds. The van der Waals surface area contributed by atoms with Crippen molar-refractivity contribution in [2.75, 3.05) is 6.61 Å². The SMILES string of the molecule is CC(C)(CO)Sc1ccc2c(c1)CCCC2. The normalized spacial score (nSPS) is 15.9. The summed E-state index contributed by atoms with van der Waals surface area (Å²) in [5, 5.41) is 9.27. The van der Waals surface area contributed by atoms with E-state index in [4.69, 9.17) is 0 Å². The standard InChI is InChI=1S/C14H20OS/c1-14(2,10-15)16-13-8-7-11-5-3-4-6-12(11)9-13/h7-9,15H,3-6,10H2,1-2H3. The van der Waals surface area contributed by atoms with Gasteiger partial charge >= 0.3 is 0 Å². The molecule has 1 nitrogen and oxygen atoms in total. The van der Waals surface area contributed by atoms with E-state index in [0.29, 0.717) is 0 Å². The molecule has 0 saturated carbocycles. The number of aliphatic hydroxyl groups excluding tert-OH is 1. The Morgan fingerprint density at radius 2 is 1.88 bits per heavy atom. The summed E-state index contributed by atoms with van der Waals surface area (Å²) in [5.41, 5.74) is 3.04. The zero-order chi connectivity index (χ0) is 11.6. The van der Waals surface area contributed by atoms with Gasteiger partial charge in [0.25, 0.3) is 0 Å². The van der Waals surface area contributed by atoms with Gasteiger partial charge in [-0.25, -0.2) is 0 Å². The fourth-order valence-electron chi connectivity index (χ4n) is 2.12. The van der Waals surface area contributed by atoms with Crippen LogP contribution >= 0.6 is 11.8 Å². The Labute approximate surface area is 102 Å². The molecule has 0 spiro atoms. The predicted molar refractivity (Wildman–Crippen MR) is 70.1 cm³/mol. The van der Waals surface area contributed by atoms with E-state index in [9.17, 15) is 5.11 Å². The van der Waals surface area contributed by atoms with Gasteiger partial charge in [-0.05, 0) is 62.8 Å². The van der Waals surface area contributed by atoms with E-state index in [2.05, 4.69) is 32.0 Å². The summed E-state index contributed by atoms with van der Waals surface area (Å²) in [6, 6.07) is 6.78. The molecular formula is C14H20OS. The van der Waals surface area contributed by atoms with Crippen molar-refractivity contribution in [1.82, 2.24) is 0 Å². The van der Waals surface area contributed by atoms with Crippen molar-refractivity contribution in [3.8, 4) is 0 Å². The number of benzene rings is 1. The van der Waals surface area contributed by atoms with Gasteiger partial charge in [0.15, 0.2) is 0 Å². The van der Waals surface area contributed by atoms with Gasteiger partial charge in [-0.15, -0.1) is 11.8 Å². The molecule has 0 radical (unpaired) electrons. The first-order chi connectivity index (χ1) is 7.61. The Bertz CT molecular complexity index is 371. The quantitative estimate of drug-likeness (QED) is 0.811. The van der Waals surface area contributed by atoms with Crippen LogP contribution in [-0.4, -0.2) is 16.5 Å². The molecule has 2 rings (SSSR count). The van der Waals surface area contributed by atoms with Crippen LogP contribution < -0.4 is 0 Å². The number of fused-ring (bicyclic) bond motifs is 1. The Morgan fingerprint density at radius 3 is 2.56 bits per heavy atom. The second kappa shape index (κ2) is 4.80. The second-order valence-corrected chi connectivity index (χ2v) is 6.94. The average molecular weight is 236 g/mol. The third kappa shape index (κ3) is 2.80. The van der Waals surface area contributed by atoms with Gasteiger partial charge in [-0.2, -0.15) is 0 Å². The molecule has 1 aromatic rings. The Morgan fingerprint density at radius 1 is 1.19 bits per heavy atom. The van der Waals surface area contributed by atoms with Crippen LogP contribution in [0.5, 0.6) is 0 Å². The molecular weight excluding hydrogens is 216 g/mol. The first kappa shape index (κ1) is 12.0. The lowest BCUT2D eigenvalue weighted by Crippen LogP contribution is -2.19. The maximum Gasteiger partial charge on any atom is 0.0576 e. The van der Waals surface area contributed by atoms with Crippen LogP contribution in [0.1, 0.15) is 37.8 Å². The third-order valence-corrected chi connectivity index (χ3v) is 4.27. The topological polar surface area (TPSA) is 20.2 Å². The Hall–Kier alpha value is -0.470. The molecule has 0 aromatic heterocycles. The second-order valence-electron chi connectivity index (χ2n) is 5.16. The van der Waals surface area contributed by atoms with Crippen molar-refractivity contribution < 1.29 is 5.11 Å². The van der Waals surface area contributed by atoms with Crippen LogP contribution in [0.3, 0.4) is 0 Å². The van der Waals surface area contributed by atoms with Crippen molar-refractivity contribution in [3.63, 3.8) is 0 Å². The molecule has 88 valence electrons. The van der Waals surface area contributed by atoms with E-state index in [1.165, 1.54) is 41.7 Å². The summed E-state index contributed by atoms with van der Waals surface area (Å²) in [6.45, 7) is 4.38. The van der Waals surface area contributed by atoms with Gasteiger partial charge in [0.1, 0.15) is 0 Å². The van der Waals surface area contributed by atoms with Crippen LogP contribution in [0.2, 0.25) is 0 Å². The van der Waals surface area contributed by atoms with Crippen LogP contribution in [0, 0.1) is 0 Å². The minimum absolute atomic E-state index is 0.0805. The third-order valence-electron chi connectivity index (χ3n) is 3.09. The number of thioether (sulfide) groups is 1. The summed E-state index contributed by atoms with van der Waals surface area (Å²) in [4.78, 5) is 1.29. The maximum atomic E-state index is 9.27. The predicted octanol–water partition coefficient (Wildman–Crippen LogP) is 3.43. The first-order valence-corrected chi connectivity index (χ1v) is 6.84. The number of hydrogen-bond donors (Lipinski definition) is 1. The van der Waals surface area contributed by atoms with E-state index in [-0.39, 0.29) is 11.4 Å². The molecule has 1 aliphatic carbocycles. The molecule has 2 heteroatoms. The summed E-state index contributed by atoms with van der Waals surface area (Å²) < 4.78 is -0.0805. The molecule has 0 atom stereocenters. The molecule has 0 bridgehead atoms. The summed E-state index contributed by atoms with van der Waals surface area (Å²) in [7, 11) is 0. The van der Waals surface area contributed by atoms with Crippen molar-refractivity contribution in [2.45, 2.75) is 49.2 Å². The maximum absolute atomic E-state index is 9.27. The molecule has 0 saturated heterocycles. The number of rotatable bonds is 3. The lowest BCUT2D eigenvalue weighted by Gasteiger charge is -2.22. The Kier molecular flexibility index (Phi) is 3.60. The fourth-order valence-corrected chi connectivity index (χ4v) is 3.16. The van der Waals surface area contributed by atoms with Gasteiger partial charge in [0.05, 0.1) is 6.61 Å². The van der Waals surface area contributed by atoms with Crippen LogP contribution in [0.25, 0.3) is 0 Å². The summed E-state index contributed by atoms with van der Waals surface area (Å²) in [6.07, 6.45) is 5.12. The number of aliphatic hydroxyl groups is 1. The van der Waals surface area contributed by atoms with Crippen LogP contribution in [0.15, 0.2) is 23.1 Å². The highest BCUT2D eigenvalue weighted by atomic mass is 32.2. The Balaban J connectivity index is 2.17. The zero-order valence-corrected chi connectivity index (χ0v) is 10.9. The molecule has 1 aromatic carbocycles. The monoisotopic (exact) mass is 236 g/mol. The molecule has 1 aliphatic rings. The molecule has 0 heterocycles. The van der Waals surface area contributed by atoms with Gasteiger partial charge in [-0.1, -0.05) is 6.07 Å². The first-order valence-electron chi connectivity index (χ1n) is 6.02. The van der Waals surface area contributed by atoms with E-state index in [1.54, 1.807) is 11.8 Å². The van der Waals surface area contributed by atoms with Crippen molar-refractivity contribution in [2.24, 2.45) is 0 Å². The van der Waals surface area contributed by atoms with Crippen molar-refractivity contribution in [1.29, 1.82) is 0 Å². The molecule has 0 fully saturated rings. The highest BCUT2D eigenvalue weighted by Gasteiger charge is 2.19. The molecule has 1 N–H and O–H groups in total. The highest BCUT2D eigenvalue weighted by Crippen LogP contribution is 2.34. The summed E-state index contributed by atoms with van der Waals surface area (Å²) >= 11 is 1.77. The average Bonchev–Trinajstić information content (AvgIpc) is 2.28. The number of hydrogen-bond acceptors (Lipinski definition) is 2. The fraction of sp³-hybridized carbons (Fsp3) is 0.571. The molecule has 0 aliphatic heterocycles. The van der Waals surface area contributed by atoms with Gasteiger partial charge in [0, 0.05) is 9.64 Å². The van der Waals surface area contributed by atoms with E-state index in [0.717, 1.165) is 0 Å². The van der Waals surface area contributed by atoms with Gasteiger partial charge in [-0.3, -0.25) is 0 Å². The molecule has 0 unspecified atom stereocenters. The van der Waals surface area contributed by atoms with E-state index < -0.39 is 0 Å². The minimum Gasteiger partial charge on any atom is -0.395 e. The number of aryl methyl sites for hydroxylation is 2. The molecule has 16 heavy (non-hydrogen) atoms. The van der Waals surface area contributed by atoms with E-state index >= 15 is 0 Å². The lowest BCUT2D eigenvalue weighted by molar-refractivity contribution is 0.265. The van der Waals surface area contributed by atoms with Gasteiger partial charge in [0.2, 0.25) is 0 Å². The van der Waals surface area contributed by atoms with E-state index in [1.807, 2.05) is 0 Å². The highest BCUT2D eigenvalue weighted by molar-refractivity contribution is 8.00. The zero-order valence-electron chi connectivity index (χ0n) is 10.1.